The lowest BCUT2D eigenvalue weighted by Crippen LogP contribution is -2.20. The van der Waals surface area contributed by atoms with Crippen molar-refractivity contribution >= 4 is 31.5 Å². The summed E-state index contributed by atoms with van der Waals surface area (Å²) in [7, 11) is -2.98. The molecule has 0 bridgehead atoms. The maximum Gasteiger partial charge on any atom is 0.173 e. The van der Waals surface area contributed by atoms with Crippen LogP contribution in [0.5, 0.6) is 0 Å². The zero-order valence-corrected chi connectivity index (χ0v) is 10.3. The molecule has 0 saturated carbocycles. The number of hydrogen-bond donors (Lipinski definition) is 1. The third kappa shape index (κ3) is 2.82. The van der Waals surface area contributed by atoms with Crippen molar-refractivity contribution in [2.75, 3.05) is 11.1 Å². The Labute approximate surface area is 97.2 Å². The van der Waals surface area contributed by atoms with E-state index in [2.05, 4.69) is 21.2 Å². The van der Waals surface area contributed by atoms with Crippen molar-refractivity contribution in [1.82, 2.24) is 0 Å². The highest BCUT2D eigenvalue weighted by Crippen LogP contribution is 2.17. The molecule has 1 atom stereocenters. The van der Waals surface area contributed by atoms with Gasteiger partial charge in [0.1, 0.15) is 0 Å². The predicted octanol–water partition coefficient (Wildman–Crippen LogP) is 2.17. The molecule has 1 aromatic carbocycles. The van der Waals surface area contributed by atoms with Crippen molar-refractivity contribution in [3.05, 3.63) is 40.2 Å². The number of benzene rings is 1. The fraction of sp³-hybridized carbons (Fsp3) is 0.200. The van der Waals surface area contributed by atoms with Crippen LogP contribution >= 0.6 is 15.9 Å². The van der Waals surface area contributed by atoms with Crippen molar-refractivity contribution in [1.29, 1.82) is 0 Å². The second-order valence-electron chi connectivity index (χ2n) is 3.42. The van der Waals surface area contributed by atoms with Crippen molar-refractivity contribution in [3.63, 3.8) is 0 Å². The molecular weight excluding hydrogens is 278 g/mol. The third-order valence-corrected chi connectivity index (χ3v) is 4.05. The second kappa shape index (κ2) is 3.98. The molecule has 0 amide bonds. The van der Waals surface area contributed by atoms with Gasteiger partial charge in [0, 0.05) is 15.6 Å². The molecule has 1 heterocycles. The first kappa shape index (κ1) is 10.7. The molecule has 1 aromatic rings. The Morgan fingerprint density at radius 3 is 2.47 bits per heavy atom. The topological polar surface area (TPSA) is 46.2 Å². The van der Waals surface area contributed by atoms with Crippen LogP contribution in [0.15, 0.2) is 40.2 Å². The van der Waals surface area contributed by atoms with Gasteiger partial charge in [0.15, 0.2) is 9.84 Å². The number of nitrogens with one attached hydrogen (secondary N) is 1. The molecule has 80 valence electrons. The van der Waals surface area contributed by atoms with Gasteiger partial charge >= 0.3 is 0 Å². The number of hydrogen-bond acceptors (Lipinski definition) is 3. The lowest BCUT2D eigenvalue weighted by Gasteiger charge is -2.11. The summed E-state index contributed by atoms with van der Waals surface area (Å²) in [6, 6.07) is 7.52. The van der Waals surface area contributed by atoms with Gasteiger partial charge in [-0.25, -0.2) is 8.42 Å². The van der Waals surface area contributed by atoms with Crippen LogP contribution in [0.4, 0.5) is 5.69 Å². The largest absolute Gasteiger partial charge is 0.378 e. The van der Waals surface area contributed by atoms with Crippen molar-refractivity contribution < 1.29 is 8.42 Å². The Balaban J connectivity index is 2.05. The smallest absolute Gasteiger partial charge is 0.173 e. The summed E-state index contributed by atoms with van der Waals surface area (Å²) in [4.78, 5) is 0. The zero-order valence-electron chi connectivity index (χ0n) is 7.85. The van der Waals surface area contributed by atoms with Gasteiger partial charge in [0.05, 0.1) is 11.8 Å². The van der Waals surface area contributed by atoms with E-state index in [0.717, 1.165) is 10.2 Å². The Kier molecular flexibility index (Phi) is 2.84. The van der Waals surface area contributed by atoms with Gasteiger partial charge in [-0.1, -0.05) is 22.0 Å². The van der Waals surface area contributed by atoms with Crippen molar-refractivity contribution in [2.45, 2.75) is 6.04 Å². The summed E-state index contributed by atoms with van der Waals surface area (Å²) >= 11 is 3.34. The molecule has 1 aliphatic heterocycles. The van der Waals surface area contributed by atoms with Gasteiger partial charge in [0.2, 0.25) is 0 Å². The molecule has 0 aliphatic carbocycles. The Hall–Kier alpha value is -0.810. The highest BCUT2D eigenvalue weighted by Gasteiger charge is 2.20. The van der Waals surface area contributed by atoms with Crippen LogP contribution < -0.4 is 5.32 Å². The molecule has 0 radical (unpaired) electrons. The molecule has 1 aliphatic rings. The molecule has 3 nitrogen and oxygen atoms in total. The quantitative estimate of drug-likeness (QED) is 0.907. The van der Waals surface area contributed by atoms with E-state index in [1.807, 2.05) is 24.3 Å². The normalized spacial score (nSPS) is 22.9. The van der Waals surface area contributed by atoms with Crippen LogP contribution in [-0.2, 0) is 9.84 Å². The highest BCUT2D eigenvalue weighted by molar-refractivity contribution is 9.10. The molecule has 0 aromatic heterocycles. The number of rotatable bonds is 2. The van der Waals surface area contributed by atoms with E-state index in [4.69, 9.17) is 0 Å². The van der Waals surface area contributed by atoms with Gasteiger partial charge in [-0.2, -0.15) is 0 Å². The fourth-order valence-corrected chi connectivity index (χ4v) is 2.93. The minimum atomic E-state index is -2.98. The van der Waals surface area contributed by atoms with E-state index in [9.17, 15) is 8.42 Å². The van der Waals surface area contributed by atoms with E-state index in [-0.39, 0.29) is 11.8 Å². The van der Waals surface area contributed by atoms with Crippen molar-refractivity contribution in [2.24, 2.45) is 0 Å². The van der Waals surface area contributed by atoms with E-state index in [1.165, 1.54) is 5.41 Å². The van der Waals surface area contributed by atoms with Gasteiger partial charge in [-0.05, 0) is 24.3 Å². The van der Waals surface area contributed by atoms with E-state index in [0.29, 0.717) is 0 Å². The van der Waals surface area contributed by atoms with E-state index in [1.54, 1.807) is 6.08 Å². The van der Waals surface area contributed by atoms with Crippen LogP contribution in [-0.4, -0.2) is 20.2 Å². The number of halogens is 1. The molecule has 15 heavy (non-hydrogen) atoms. The summed E-state index contributed by atoms with van der Waals surface area (Å²) in [5.41, 5.74) is 0.921. The highest BCUT2D eigenvalue weighted by atomic mass is 79.9. The molecule has 0 spiro atoms. The minimum absolute atomic E-state index is 0.115. The molecular formula is C10H10BrNO2S. The van der Waals surface area contributed by atoms with Gasteiger partial charge in [-0.3, -0.25) is 0 Å². The molecule has 2 rings (SSSR count). The van der Waals surface area contributed by atoms with Crippen LogP contribution in [0, 0.1) is 0 Å². The lowest BCUT2D eigenvalue weighted by atomic mass is 10.2. The number of anilines is 1. The number of sulfone groups is 1. The zero-order chi connectivity index (χ0) is 10.9. The Morgan fingerprint density at radius 2 is 1.93 bits per heavy atom. The predicted molar refractivity (Wildman–Crippen MR) is 64.5 cm³/mol. The first-order valence-electron chi connectivity index (χ1n) is 4.48. The summed E-state index contributed by atoms with van der Waals surface area (Å²) in [6.07, 6.45) is 1.68. The van der Waals surface area contributed by atoms with Gasteiger partial charge < -0.3 is 5.32 Å². The lowest BCUT2D eigenvalue weighted by molar-refractivity contribution is 0.605. The summed E-state index contributed by atoms with van der Waals surface area (Å²) in [5.74, 6) is 0.142. The van der Waals surface area contributed by atoms with E-state index < -0.39 is 9.84 Å². The third-order valence-electron chi connectivity index (χ3n) is 2.13. The summed E-state index contributed by atoms with van der Waals surface area (Å²) in [5, 5.41) is 4.40. The van der Waals surface area contributed by atoms with Crippen molar-refractivity contribution in [3.8, 4) is 0 Å². The van der Waals surface area contributed by atoms with E-state index >= 15 is 0 Å². The van der Waals surface area contributed by atoms with Gasteiger partial charge in [-0.15, -0.1) is 0 Å². The monoisotopic (exact) mass is 287 g/mol. The Morgan fingerprint density at radius 1 is 1.27 bits per heavy atom. The average Bonchev–Trinajstić information content (AvgIpc) is 2.50. The summed E-state index contributed by atoms with van der Waals surface area (Å²) in [6.45, 7) is 0. The maximum atomic E-state index is 11.2. The minimum Gasteiger partial charge on any atom is -0.378 e. The van der Waals surface area contributed by atoms with Crippen LogP contribution in [0.1, 0.15) is 0 Å². The molecule has 0 unspecified atom stereocenters. The van der Waals surface area contributed by atoms with Gasteiger partial charge in [0.25, 0.3) is 0 Å². The van der Waals surface area contributed by atoms with Crippen LogP contribution in [0.2, 0.25) is 0 Å². The molecule has 5 heteroatoms. The SMILES string of the molecule is O=S1(=O)C=C[C@H](Nc2ccc(Br)cc2)C1. The first-order chi connectivity index (χ1) is 7.05. The molecule has 0 saturated heterocycles. The molecule has 0 fully saturated rings. The average molecular weight is 288 g/mol. The van der Waals surface area contributed by atoms with Crippen LogP contribution in [0.3, 0.4) is 0 Å². The fourth-order valence-electron chi connectivity index (χ4n) is 1.43. The standard InChI is InChI=1S/C10H10BrNO2S/c11-8-1-3-9(4-2-8)12-10-5-6-15(13,14)7-10/h1-6,10,12H,7H2/t10-/m0/s1. The van der Waals surface area contributed by atoms with Crippen LogP contribution in [0.25, 0.3) is 0 Å². The summed E-state index contributed by atoms with van der Waals surface area (Å²) < 4.78 is 23.3. The first-order valence-corrected chi connectivity index (χ1v) is 6.99. The second-order valence-corrected chi connectivity index (χ2v) is 6.26. The maximum absolute atomic E-state index is 11.2. The Bertz CT molecular complexity index is 479. The molecule has 1 N–H and O–H groups in total.